The second-order valence-electron chi connectivity index (χ2n) is 7.01. The number of nitrogens with one attached hydrogen (secondary N) is 1. The lowest BCUT2D eigenvalue weighted by atomic mass is 10.0. The summed E-state index contributed by atoms with van der Waals surface area (Å²) in [6.45, 7) is 6.00. The topological polar surface area (TPSA) is 84.2 Å². The fraction of sp³-hybridized carbons (Fsp3) is 0.208. The quantitative estimate of drug-likeness (QED) is 0.661. The summed E-state index contributed by atoms with van der Waals surface area (Å²) in [6.07, 6.45) is 1.16. The molecule has 1 heterocycles. The largest absolute Gasteiger partial charge is 0.496 e. The lowest BCUT2D eigenvalue weighted by Gasteiger charge is -2.13. The maximum absolute atomic E-state index is 12.3. The van der Waals surface area contributed by atoms with E-state index in [0.29, 0.717) is 11.3 Å². The fourth-order valence-corrected chi connectivity index (χ4v) is 3.26. The number of methoxy groups -OCH3 is 1. The van der Waals surface area contributed by atoms with Gasteiger partial charge >= 0.3 is 6.09 Å². The molecule has 6 nitrogen and oxygen atoms in total. The monoisotopic (exact) mass is 401 g/mol. The zero-order valence-electron chi connectivity index (χ0n) is 17.4. The third-order valence-electron chi connectivity index (χ3n) is 4.76. The van der Waals surface area contributed by atoms with Crippen LogP contribution in [0.25, 0.3) is 11.1 Å². The summed E-state index contributed by atoms with van der Waals surface area (Å²) < 4.78 is 10.9. The van der Waals surface area contributed by atoms with Crippen LogP contribution in [0.1, 0.15) is 27.9 Å². The average molecular weight is 401 g/mol. The molecule has 2 aromatic carbocycles. The van der Waals surface area contributed by atoms with Crippen molar-refractivity contribution in [2.45, 2.75) is 27.3 Å². The molecule has 1 amide bonds. The third-order valence-corrected chi connectivity index (χ3v) is 4.76. The molecule has 0 atom stereocenters. The maximum atomic E-state index is 12.3. The first kappa shape index (κ1) is 20.9. The van der Waals surface area contributed by atoms with E-state index < -0.39 is 6.09 Å². The summed E-state index contributed by atoms with van der Waals surface area (Å²) in [7, 11) is 1.62. The SMILES string of the molecule is COc1c(C)cnc(CNC(=O)Oc2cc(C)cc(-c3ccc(C#N)cc3)c2)c1C. The van der Waals surface area contributed by atoms with Gasteiger partial charge in [-0.15, -0.1) is 0 Å². The first-order chi connectivity index (χ1) is 14.4. The second kappa shape index (κ2) is 9.10. The van der Waals surface area contributed by atoms with Crippen LogP contribution in [-0.4, -0.2) is 18.2 Å². The van der Waals surface area contributed by atoms with Gasteiger partial charge in [0.25, 0.3) is 0 Å². The number of ether oxygens (including phenoxy) is 2. The molecule has 3 aromatic rings. The number of aromatic nitrogens is 1. The van der Waals surface area contributed by atoms with E-state index in [9.17, 15) is 4.79 Å². The van der Waals surface area contributed by atoms with E-state index in [0.717, 1.165) is 39.3 Å². The number of hydrogen-bond acceptors (Lipinski definition) is 5. The molecule has 0 spiro atoms. The molecule has 0 unspecified atom stereocenters. The van der Waals surface area contributed by atoms with Gasteiger partial charge in [0.15, 0.2) is 0 Å². The van der Waals surface area contributed by atoms with Crippen LogP contribution in [-0.2, 0) is 6.54 Å². The van der Waals surface area contributed by atoms with Gasteiger partial charge in [-0.05, 0) is 61.7 Å². The van der Waals surface area contributed by atoms with E-state index in [1.54, 1.807) is 37.6 Å². The Bertz CT molecular complexity index is 1120. The first-order valence-corrected chi connectivity index (χ1v) is 9.48. The molecule has 30 heavy (non-hydrogen) atoms. The zero-order chi connectivity index (χ0) is 21.7. The van der Waals surface area contributed by atoms with Crippen LogP contribution in [0.15, 0.2) is 48.7 Å². The molecule has 0 radical (unpaired) electrons. The third kappa shape index (κ3) is 4.76. The van der Waals surface area contributed by atoms with Crippen molar-refractivity contribution < 1.29 is 14.3 Å². The van der Waals surface area contributed by atoms with Gasteiger partial charge in [0.1, 0.15) is 11.5 Å². The number of carbonyl (C=O) groups is 1. The molecule has 0 fully saturated rings. The molecule has 3 rings (SSSR count). The van der Waals surface area contributed by atoms with E-state index in [1.165, 1.54) is 0 Å². The van der Waals surface area contributed by atoms with Crippen LogP contribution in [0.5, 0.6) is 11.5 Å². The number of pyridine rings is 1. The van der Waals surface area contributed by atoms with Gasteiger partial charge in [-0.25, -0.2) is 4.79 Å². The number of rotatable bonds is 5. The summed E-state index contributed by atoms with van der Waals surface area (Å²) in [6, 6.07) is 15.0. The smallest absolute Gasteiger partial charge is 0.412 e. The van der Waals surface area contributed by atoms with Crippen molar-refractivity contribution >= 4 is 6.09 Å². The predicted octanol–water partition coefficient (Wildman–Crippen LogP) is 4.84. The number of nitriles is 1. The number of hydrogen-bond donors (Lipinski definition) is 1. The minimum atomic E-state index is -0.563. The summed E-state index contributed by atoms with van der Waals surface area (Å²) >= 11 is 0. The normalized spacial score (nSPS) is 10.2. The van der Waals surface area contributed by atoms with E-state index in [2.05, 4.69) is 16.4 Å². The van der Waals surface area contributed by atoms with Crippen LogP contribution in [0.3, 0.4) is 0 Å². The van der Waals surface area contributed by atoms with Crippen LogP contribution in [0, 0.1) is 32.1 Å². The number of amides is 1. The van der Waals surface area contributed by atoms with E-state index in [-0.39, 0.29) is 6.54 Å². The second-order valence-corrected chi connectivity index (χ2v) is 7.01. The number of benzene rings is 2. The summed E-state index contributed by atoms with van der Waals surface area (Å²) in [4.78, 5) is 16.7. The van der Waals surface area contributed by atoms with Gasteiger partial charge < -0.3 is 14.8 Å². The molecule has 1 aromatic heterocycles. The molecule has 0 saturated heterocycles. The first-order valence-electron chi connectivity index (χ1n) is 9.48. The van der Waals surface area contributed by atoms with Gasteiger partial charge in [-0.2, -0.15) is 5.26 Å². The minimum Gasteiger partial charge on any atom is -0.496 e. The Morgan fingerprint density at radius 1 is 1.10 bits per heavy atom. The highest BCUT2D eigenvalue weighted by atomic mass is 16.6. The molecule has 0 aliphatic carbocycles. The van der Waals surface area contributed by atoms with Crippen molar-refractivity contribution in [3.63, 3.8) is 0 Å². The molecule has 0 aliphatic heterocycles. The van der Waals surface area contributed by atoms with Crippen molar-refractivity contribution in [3.8, 4) is 28.7 Å². The van der Waals surface area contributed by atoms with Gasteiger partial charge in [-0.3, -0.25) is 4.98 Å². The number of aryl methyl sites for hydroxylation is 2. The van der Waals surface area contributed by atoms with Crippen LogP contribution < -0.4 is 14.8 Å². The van der Waals surface area contributed by atoms with E-state index in [1.807, 2.05) is 39.0 Å². The Kier molecular flexibility index (Phi) is 6.33. The van der Waals surface area contributed by atoms with Crippen molar-refractivity contribution in [2.75, 3.05) is 7.11 Å². The number of carbonyl (C=O) groups excluding carboxylic acids is 1. The van der Waals surface area contributed by atoms with Crippen LogP contribution in [0.2, 0.25) is 0 Å². The molecule has 0 aliphatic rings. The van der Waals surface area contributed by atoms with E-state index in [4.69, 9.17) is 14.7 Å². The van der Waals surface area contributed by atoms with Gasteiger partial charge in [-0.1, -0.05) is 18.2 Å². The summed E-state index contributed by atoms with van der Waals surface area (Å²) in [5, 5.41) is 11.7. The fourth-order valence-electron chi connectivity index (χ4n) is 3.26. The minimum absolute atomic E-state index is 0.232. The highest BCUT2D eigenvalue weighted by Crippen LogP contribution is 2.27. The Morgan fingerprint density at radius 2 is 1.83 bits per heavy atom. The lowest BCUT2D eigenvalue weighted by Crippen LogP contribution is -2.27. The highest BCUT2D eigenvalue weighted by molar-refractivity contribution is 5.73. The Morgan fingerprint density at radius 3 is 2.50 bits per heavy atom. The van der Waals surface area contributed by atoms with Gasteiger partial charge in [0, 0.05) is 17.3 Å². The Balaban J connectivity index is 1.71. The van der Waals surface area contributed by atoms with Crippen LogP contribution in [0.4, 0.5) is 4.79 Å². The summed E-state index contributed by atoms with van der Waals surface area (Å²) in [5.41, 5.74) is 5.95. The van der Waals surface area contributed by atoms with Crippen molar-refractivity contribution in [3.05, 3.63) is 76.6 Å². The number of nitrogens with zero attached hydrogens (tertiary/aromatic N) is 2. The molecule has 0 saturated carbocycles. The zero-order valence-corrected chi connectivity index (χ0v) is 17.4. The highest BCUT2D eigenvalue weighted by Gasteiger charge is 2.12. The lowest BCUT2D eigenvalue weighted by molar-refractivity contribution is 0.200. The molecule has 0 bridgehead atoms. The van der Waals surface area contributed by atoms with Gasteiger partial charge in [0.05, 0.1) is 31.0 Å². The summed E-state index contributed by atoms with van der Waals surface area (Å²) in [5.74, 6) is 1.21. The Hall–Kier alpha value is -3.85. The average Bonchev–Trinajstić information content (AvgIpc) is 2.73. The Labute approximate surface area is 176 Å². The maximum Gasteiger partial charge on any atom is 0.412 e. The predicted molar refractivity (Wildman–Crippen MR) is 114 cm³/mol. The molecule has 1 N–H and O–H groups in total. The molecule has 152 valence electrons. The van der Waals surface area contributed by atoms with Crippen LogP contribution >= 0.6 is 0 Å². The van der Waals surface area contributed by atoms with E-state index >= 15 is 0 Å². The standard InChI is InChI=1S/C24H23N3O3/c1-15-9-20(19-7-5-18(12-25)6-8-19)11-21(10-15)30-24(28)27-14-22-17(3)23(29-4)16(2)13-26-22/h5-11,13H,14H2,1-4H3,(H,27,28). The molecular weight excluding hydrogens is 378 g/mol. The molecular formula is C24H23N3O3. The van der Waals surface area contributed by atoms with Crippen molar-refractivity contribution in [2.24, 2.45) is 0 Å². The molecule has 6 heteroatoms. The van der Waals surface area contributed by atoms with Crippen molar-refractivity contribution in [1.82, 2.24) is 10.3 Å². The van der Waals surface area contributed by atoms with Gasteiger partial charge in [0.2, 0.25) is 0 Å². The van der Waals surface area contributed by atoms with Crippen molar-refractivity contribution in [1.29, 1.82) is 5.26 Å².